The predicted octanol–water partition coefficient (Wildman–Crippen LogP) is 3.22. The molecule has 2 rings (SSSR count). The van der Waals surface area contributed by atoms with Gasteiger partial charge in [0.2, 0.25) is 0 Å². The smallest absolute Gasteiger partial charge is 0.128 e. The van der Waals surface area contributed by atoms with Crippen LogP contribution in [0.3, 0.4) is 0 Å². The van der Waals surface area contributed by atoms with E-state index in [9.17, 15) is 0 Å². The van der Waals surface area contributed by atoms with Crippen LogP contribution in [0.2, 0.25) is 0 Å². The van der Waals surface area contributed by atoms with Crippen LogP contribution in [0, 0.1) is 6.92 Å². The van der Waals surface area contributed by atoms with Crippen LogP contribution in [-0.2, 0) is 6.54 Å². The Balaban J connectivity index is 2.04. The number of rotatable bonds is 5. The summed E-state index contributed by atoms with van der Waals surface area (Å²) in [5.41, 5.74) is 2.46. The maximum atomic E-state index is 4.82. The zero-order valence-electron chi connectivity index (χ0n) is 13.1. The zero-order chi connectivity index (χ0) is 14.5. The van der Waals surface area contributed by atoms with Gasteiger partial charge in [0.1, 0.15) is 5.82 Å². The Morgan fingerprint density at radius 3 is 2.90 bits per heavy atom. The van der Waals surface area contributed by atoms with Crippen LogP contribution in [0.5, 0.6) is 0 Å². The van der Waals surface area contributed by atoms with Crippen LogP contribution in [0.1, 0.15) is 38.4 Å². The van der Waals surface area contributed by atoms with Crippen molar-refractivity contribution in [2.75, 3.05) is 23.7 Å². The molecule has 2 heterocycles. The third-order valence-corrected chi connectivity index (χ3v) is 5.17. The Morgan fingerprint density at radius 2 is 2.25 bits per heavy atom. The van der Waals surface area contributed by atoms with Gasteiger partial charge in [0.25, 0.3) is 0 Å². The molecule has 0 bridgehead atoms. The Labute approximate surface area is 127 Å². The maximum absolute atomic E-state index is 4.82. The van der Waals surface area contributed by atoms with E-state index in [1.54, 1.807) is 0 Å². The van der Waals surface area contributed by atoms with E-state index in [2.05, 4.69) is 61.8 Å². The van der Waals surface area contributed by atoms with Gasteiger partial charge in [-0.1, -0.05) is 26.8 Å². The van der Waals surface area contributed by atoms with Gasteiger partial charge in [0.05, 0.1) is 0 Å². The van der Waals surface area contributed by atoms with E-state index in [1.807, 2.05) is 0 Å². The molecule has 0 spiro atoms. The van der Waals surface area contributed by atoms with Crippen molar-refractivity contribution in [3.05, 3.63) is 23.4 Å². The fourth-order valence-electron chi connectivity index (χ4n) is 2.43. The first-order chi connectivity index (χ1) is 9.60. The molecule has 4 heteroatoms. The molecule has 1 N–H and O–H groups in total. The van der Waals surface area contributed by atoms with Crippen molar-refractivity contribution in [1.29, 1.82) is 0 Å². The quantitative estimate of drug-likeness (QED) is 0.902. The molecule has 0 saturated carbocycles. The van der Waals surface area contributed by atoms with Crippen molar-refractivity contribution < 1.29 is 0 Å². The number of thioether (sulfide) groups is 1. The number of hydrogen-bond acceptors (Lipinski definition) is 4. The largest absolute Gasteiger partial charge is 0.355 e. The minimum absolute atomic E-state index is 0.513. The fraction of sp³-hybridized carbons (Fsp3) is 0.688. The lowest BCUT2D eigenvalue weighted by Gasteiger charge is -2.33. The molecule has 1 aliphatic rings. The number of nitrogens with zero attached hydrogens (tertiary/aromatic N) is 2. The standard InChI is InChI=1S/C16H27N3S/c1-5-15-11-19(8-9-20-15)16-7-6-14(13(4)18-16)10-17-12(2)3/h6-7,12,15,17H,5,8-11H2,1-4H3. The lowest BCUT2D eigenvalue weighted by atomic mass is 10.2. The summed E-state index contributed by atoms with van der Waals surface area (Å²) in [6.07, 6.45) is 1.25. The van der Waals surface area contributed by atoms with Gasteiger partial charge < -0.3 is 10.2 Å². The number of pyridine rings is 1. The van der Waals surface area contributed by atoms with Gasteiger partial charge in [0.15, 0.2) is 0 Å². The number of nitrogens with one attached hydrogen (secondary N) is 1. The maximum Gasteiger partial charge on any atom is 0.128 e. The van der Waals surface area contributed by atoms with E-state index in [0.29, 0.717) is 6.04 Å². The summed E-state index contributed by atoms with van der Waals surface area (Å²) in [7, 11) is 0. The van der Waals surface area contributed by atoms with Gasteiger partial charge in [-0.25, -0.2) is 4.98 Å². The molecular weight excluding hydrogens is 266 g/mol. The minimum Gasteiger partial charge on any atom is -0.355 e. The minimum atomic E-state index is 0.513. The highest BCUT2D eigenvalue weighted by molar-refractivity contribution is 8.00. The number of anilines is 1. The molecule has 1 unspecified atom stereocenters. The third kappa shape index (κ3) is 4.13. The van der Waals surface area contributed by atoms with Crippen molar-refractivity contribution in [1.82, 2.24) is 10.3 Å². The molecule has 1 saturated heterocycles. The van der Waals surface area contributed by atoms with Crippen molar-refractivity contribution in [3.63, 3.8) is 0 Å². The van der Waals surface area contributed by atoms with Gasteiger partial charge in [-0.05, 0) is 25.0 Å². The fourth-order valence-corrected chi connectivity index (χ4v) is 3.61. The summed E-state index contributed by atoms with van der Waals surface area (Å²) in [4.78, 5) is 7.26. The summed E-state index contributed by atoms with van der Waals surface area (Å²) in [6, 6.07) is 4.93. The normalized spacial score (nSPS) is 19.6. The molecule has 0 radical (unpaired) electrons. The Kier molecular flexibility index (Phi) is 5.73. The summed E-state index contributed by atoms with van der Waals surface area (Å²) < 4.78 is 0. The van der Waals surface area contributed by atoms with Crippen LogP contribution >= 0.6 is 11.8 Å². The first-order valence-electron chi connectivity index (χ1n) is 7.66. The predicted molar refractivity (Wildman–Crippen MR) is 89.7 cm³/mol. The van der Waals surface area contributed by atoms with Crippen molar-refractivity contribution in [2.24, 2.45) is 0 Å². The highest BCUT2D eigenvalue weighted by Gasteiger charge is 2.20. The first-order valence-corrected chi connectivity index (χ1v) is 8.71. The van der Waals surface area contributed by atoms with E-state index in [1.165, 1.54) is 17.7 Å². The molecule has 3 nitrogen and oxygen atoms in total. The van der Waals surface area contributed by atoms with Gasteiger partial charge in [-0.15, -0.1) is 0 Å². The summed E-state index contributed by atoms with van der Waals surface area (Å²) in [6.45, 7) is 11.9. The molecule has 20 heavy (non-hydrogen) atoms. The zero-order valence-corrected chi connectivity index (χ0v) is 14.0. The average molecular weight is 293 g/mol. The molecule has 1 atom stereocenters. The SMILES string of the molecule is CCC1CN(c2ccc(CNC(C)C)c(C)n2)CCS1. The second-order valence-corrected chi connectivity index (χ2v) is 7.20. The van der Waals surface area contributed by atoms with Gasteiger partial charge in [-0.3, -0.25) is 0 Å². The Bertz CT molecular complexity index is 434. The van der Waals surface area contributed by atoms with Gasteiger partial charge in [-0.2, -0.15) is 11.8 Å². The van der Waals surface area contributed by atoms with E-state index in [0.717, 1.165) is 36.4 Å². The van der Waals surface area contributed by atoms with Crippen molar-refractivity contribution >= 4 is 17.6 Å². The average Bonchev–Trinajstić information content (AvgIpc) is 2.46. The molecule has 0 amide bonds. The molecule has 1 aromatic rings. The lowest BCUT2D eigenvalue weighted by Crippen LogP contribution is -2.38. The van der Waals surface area contributed by atoms with Crippen LogP contribution in [0.25, 0.3) is 0 Å². The van der Waals surface area contributed by atoms with Crippen molar-refractivity contribution in [3.8, 4) is 0 Å². The lowest BCUT2D eigenvalue weighted by molar-refractivity contribution is 0.586. The van der Waals surface area contributed by atoms with E-state index < -0.39 is 0 Å². The summed E-state index contributed by atoms with van der Waals surface area (Å²) in [5.74, 6) is 2.37. The molecule has 112 valence electrons. The first kappa shape index (κ1) is 15.6. The summed E-state index contributed by atoms with van der Waals surface area (Å²) in [5, 5.41) is 4.22. The third-order valence-electron chi connectivity index (χ3n) is 3.80. The molecule has 1 aromatic heterocycles. The van der Waals surface area contributed by atoms with Gasteiger partial charge in [0, 0.05) is 42.4 Å². The molecule has 1 aliphatic heterocycles. The topological polar surface area (TPSA) is 28.2 Å². The molecular formula is C16H27N3S. The second kappa shape index (κ2) is 7.32. The van der Waals surface area contributed by atoms with Crippen molar-refractivity contribution in [2.45, 2.75) is 52.0 Å². The number of hydrogen-bond donors (Lipinski definition) is 1. The van der Waals surface area contributed by atoms with E-state index in [-0.39, 0.29) is 0 Å². The second-order valence-electron chi connectivity index (χ2n) is 5.80. The van der Waals surface area contributed by atoms with Crippen LogP contribution in [0.4, 0.5) is 5.82 Å². The number of aromatic nitrogens is 1. The van der Waals surface area contributed by atoms with Gasteiger partial charge >= 0.3 is 0 Å². The van der Waals surface area contributed by atoms with Crippen LogP contribution in [0.15, 0.2) is 12.1 Å². The Hall–Kier alpha value is -0.740. The Morgan fingerprint density at radius 1 is 1.45 bits per heavy atom. The monoisotopic (exact) mass is 293 g/mol. The summed E-state index contributed by atoms with van der Waals surface area (Å²) >= 11 is 2.10. The highest BCUT2D eigenvalue weighted by Crippen LogP contribution is 2.25. The van der Waals surface area contributed by atoms with E-state index >= 15 is 0 Å². The van der Waals surface area contributed by atoms with Crippen LogP contribution in [-0.4, -0.2) is 35.1 Å². The van der Waals surface area contributed by atoms with Crippen LogP contribution < -0.4 is 10.2 Å². The molecule has 1 fully saturated rings. The number of aryl methyl sites for hydroxylation is 1. The molecule has 0 aliphatic carbocycles. The highest BCUT2D eigenvalue weighted by atomic mass is 32.2. The molecule has 0 aromatic carbocycles. The van der Waals surface area contributed by atoms with E-state index in [4.69, 9.17) is 4.98 Å².